The number of halogens is 2. The number of rotatable bonds is 9. The molecule has 6 rings (SSSR count). The minimum atomic E-state index is -1.27. The van der Waals surface area contributed by atoms with Crippen LogP contribution in [0.2, 0.25) is 30.7 Å². The second-order valence-corrected chi connectivity index (χ2v) is 18.5. The first-order valence-electron chi connectivity index (χ1n) is 13.6. The van der Waals surface area contributed by atoms with Gasteiger partial charge < -0.3 is 24.1 Å². The summed E-state index contributed by atoms with van der Waals surface area (Å²) in [6.07, 6.45) is -0.0749. The third-order valence-electron chi connectivity index (χ3n) is 7.27. The zero-order chi connectivity index (χ0) is 28.7. The Morgan fingerprint density at radius 2 is 1.80 bits per heavy atom. The number of imidazole rings is 1. The molecule has 2 fully saturated rings. The van der Waals surface area contributed by atoms with E-state index in [1.165, 1.54) is 0 Å². The van der Waals surface area contributed by atoms with Gasteiger partial charge in [-0.1, -0.05) is 59.3 Å². The lowest BCUT2D eigenvalue weighted by Crippen LogP contribution is -2.35. The van der Waals surface area contributed by atoms with Crippen molar-refractivity contribution in [3.63, 3.8) is 0 Å². The van der Waals surface area contributed by atoms with Crippen LogP contribution in [0, 0.1) is 0 Å². The van der Waals surface area contributed by atoms with Crippen LogP contribution in [0.4, 0.5) is 0 Å². The van der Waals surface area contributed by atoms with Crippen LogP contribution in [0.15, 0.2) is 53.1 Å². The number of hydrogen-bond donors (Lipinski definition) is 1. The maximum absolute atomic E-state index is 10.1. The molecule has 9 nitrogen and oxygen atoms in total. The number of ether oxygens (including phenoxy) is 4. The van der Waals surface area contributed by atoms with Gasteiger partial charge in [-0.25, -0.2) is 4.98 Å². The van der Waals surface area contributed by atoms with E-state index in [0.717, 1.165) is 27.3 Å². The smallest absolute Gasteiger partial charge is 0.301 e. The topological polar surface area (TPSA) is 101 Å². The van der Waals surface area contributed by atoms with E-state index in [9.17, 15) is 5.11 Å². The molecule has 5 heterocycles. The van der Waals surface area contributed by atoms with E-state index in [1.807, 2.05) is 41.0 Å². The highest BCUT2D eigenvalue weighted by Gasteiger charge is 2.49. The standard InChI is InChI=1S/C29H32BrClN4O5Si/c1-41(2,3)11-10-37-16-35-28-22(33-29(35)40-24-15-39-26-23(36)14-38-27(24)26)12-20(31)25(34-28)18-6-9-21(32-13-18)17-4-7-19(30)8-5-17/h4-9,12-13,23-24,26-27,36H,10-11,14-16H2,1-3H3/t23-,24-,26-,27-/m1/s1. The number of fused-ring (bicyclic) bond motifs is 2. The molecule has 0 radical (unpaired) electrons. The molecule has 12 heteroatoms. The molecule has 2 saturated heterocycles. The molecule has 0 unspecified atom stereocenters. The number of aliphatic hydroxyl groups excluding tert-OH is 1. The third-order valence-corrected chi connectivity index (χ3v) is 9.79. The van der Waals surface area contributed by atoms with Gasteiger partial charge in [0.2, 0.25) is 0 Å². The van der Waals surface area contributed by atoms with Gasteiger partial charge in [-0.05, 0) is 36.4 Å². The van der Waals surface area contributed by atoms with Crippen molar-refractivity contribution in [1.29, 1.82) is 0 Å². The molecule has 3 aromatic heterocycles. The number of pyridine rings is 2. The maximum Gasteiger partial charge on any atom is 0.301 e. The third kappa shape index (κ3) is 6.22. The fourth-order valence-electron chi connectivity index (χ4n) is 4.95. The number of nitrogens with zero attached hydrogens (tertiary/aromatic N) is 4. The average Bonchev–Trinajstić information content (AvgIpc) is 3.61. The Morgan fingerprint density at radius 3 is 2.54 bits per heavy atom. The average molecular weight is 660 g/mol. The first-order chi connectivity index (χ1) is 19.7. The van der Waals surface area contributed by atoms with Gasteiger partial charge in [0, 0.05) is 36.5 Å². The molecule has 2 aliphatic heterocycles. The molecular weight excluding hydrogens is 628 g/mol. The molecule has 4 atom stereocenters. The summed E-state index contributed by atoms with van der Waals surface area (Å²) >= 11 is 10.2. The normalized spacial score (nSPS) is 22.4. The summed E-state index contributed by atoms with van der Waals surface area (Å²) in [6, 6.07) is 15.1. The summed E-state index contributed by atoms with van der Waals surface area (Å²) in [5.41, 5.74) is 4.42. The molecule has 216 valence electrons. The van der Waals surface area contributed by atoms with E-state index in [1.54, 1.807) is 12.3 Å². The quantitative estimate of drug-likeness (QED) is 0.178. The van der Waals surface area contributed by atoms with Gasteiger partial charge in [0.25, 0.3) is 0 Å². The van der Waals surface area contributed by atoms with E-state index in [0.29, 0.717) is 41.1 Å². The first kappa shape index (κ1) is 28.7. The van der Waals surface area contributed by atoms with Gasteiger partial charge in [0.05, 0.1) is 29.6 Å². The SMILES string of the molecule is C[Si](C)(C)CCOCn1c(O[C@@H]2CO[C@H]3[C@@H]2OC[C@H]3O)nc2cc(Cl)c(-c3ccc(-c4ccc(Br)cc4)nc3)nc21. The van der Waals surface area contributed by atoms with E-state index in [4.69, 9.17) is 40.5 Å². The maximum atomic E-state index is 10.1. The van der Waals surface area contributed by atoms with E-state index >= 15 is 0 Å². The lowest BCUT2D eigenvalue weighted by molar-refractivity contribution is 0.00336. The summed E-state index contributed by atoms with van der Waals surface area (Å²) in [7, 11) is -1.27. The van der Waals surface area contributed by atoms with E-state index in [-0.39, 0.29) is 19.4 Å². The van der Waals surface area contributed by atoms with Crippen LogP contribution < -0.4 is 4.74 Å². The largest absolute Gasteiger partial charge is 0.456 e. The zero-order valence-electron chi connectivity index (χ0n) is 23.1. The van der Waals surface area contributed by atoms with Gasteiger partial charge in [-0.2, -0.15) is 4.98 Å². The second kappa shape index (κ2) is 11.7. The van der Waals surface area contributed by atoms with Gasteiger partial charge in [-0.15, -0.1) is 0 Å². The Bertz CT molecular complexity index is 1530. The van der Waals surface area contributed by atoms with Crippen LogP contribution >= 0.6 is 27.5 Å². The molecule has 2 aliphatic rings. The minimum absolute atomic E-state index is 0.219. The van der Waals surface area contributed by atoms with Crippen LogP contribution in [0.25, 0.3) is 33.7 Å². The Hall–Kier alpha value is -2.38. The van der Waals surface area contributed by atoms with Crippen LogP contribution in [0.1, 0.15) is 0 Å². The van der Waals surface area contributed by atoms with Crippen molar-refractivity contribution in [2.75, 3.05) is 19.8 Å². The number of benzene rings is 1. The van der Waals surface area contributed by atoms with E-state index in [2.05, 4.69) is 40.6 Å². The summed E-state index contributed by atoms with van der Waals surface area (Å²) in [5.74, 6) is 0. The molecule has 4 aromatic rings. The predicted octanol–water partition coefficient (Wildman–Crippen LogP) is 5.79. The zero-order valence-corrected chi connectivity index (χ0v) is 26.4. The molecule has 0 aliphatic carbocycles. The number of aliphatic hydroxyl groups is 1. The lowest BCUT2D eigenvalue weighted by Gasteiger charge is -2.19. The highest BCUT2D eigenvalue weighted by Crippen LogP contribution is 2.34. The van der Waals surface area contributed by atoms with Gasteiger partial charge in [-0.3, -0.25) is 9.55 Å². The Labute approximate surface area is 252 Å². The van der Waals surface area contributed by atoms with Crippen molar-refractivity contribution in [3.8, 4) is 28.5 Å². The van der Waals surface area contributed by atoms with Gasteiger partial charge >= 0.3 is 6.01 Å². The molecular formula is C29H32BrClN4O5Si. The van der Waals surface area contributed by atoms with Crippen LogP contribution in [-0.2, 0) is 20.9 Å². The summed E-state index contributed by atoms with van der Waals surface area (Å²) in [5, 5.41) is 10.6. The Morgan fingerprint density at radius 1 is 1.05 bits per heavy atom. The molecule has 1 N–H and O–H groups in total. The second-order valence-electron chi connectivity index (χ2n) is 11.6. The Balaban J connectivity index is 1.31. The van der Waals surface area contributed by atoms with Crippen molar-refractivity contribution in [1.82, 2.24) is 19.5 Å². The predicted molar refractivity (Wildman–Crippen MR) is 163 cm³/mol. The number of aromatic nitrogens is 4. The van der Waals surface area contributed by atoms with Gasteiger partial charge in [0.1, 0.15) is 30.6 Å². The fraction of sp³-hybridized carbons (Fsp3) is 0.414. The van der Waals surface area contributed by atoms with Crippen molar-refractivity contribution in [2.45, 2.75) is 56.8 Å². The summed E-state index contributed by atoms with van der Waals surface area (Å²) < 4.78 is 26.8. The van der Waals surface area contributed by atoms with Gasteiger partial charge in [0.15, 0.2) is 11.8 Å². The summed E-state index contributed by atoms with van der Waals surface area (Å²) in [4.78, 5) is 14.3. The minimum Gasteiger partial charge on any atom is -0.456 e. The van der Waals surface area contributed by atoms with Crippen LogP contribution in [-0.4, -0.2) is 76.9 Å². The molecule has 1 aromatic carbocycles. The highest BCUT2D eigenvalue weighted by atomic mass is 79.9. The molecule has 0 amide bonds. The molecule has 0 bridgehead atoms. The monoisotopic (exact) mass is 658 g/mol. The van der Waals surface area contributed by atoms with E-state index < -0.39 is 26.4 Å². The summed E-state index contributed by atoms with van der Waals surface area (Å²) in [6.45, 7) is 8.31. The lowest BCUT2D eigenvalue weighted by atomic mass is 10.1. The van der Waals surface area contributed by atoms with Crippen molar-refractivity contribution in [2.24, 2.45) is 0 Å². The number of hydrogen-bond acceptors (Lipinski definition) is 8. The van der Waals surface area contributed by atoms with Crippen LogP contribution in [0.5, 0.6) is 6.01 Å². The van der Waals surface area contributed by atoms with Crippen LogP contribution in [0.3, 0.4) is 0 Å². The van der Waals surface area contributed by atoms with Crippen molar-refractivity contribution >= 4 is 46.8 Å². The van der Waals surface area contributed by atoms with Crippen molar-refractivity contribution < 1.29 is 24.1 Å². The highest BCUT2D eigenvalue weighted by molar-refractivity contribution is 9.10. The Kier molecular flexibility index (Phi) is 8.21. The molecule has 41 heavy (non-hydrogen) atoms. The first-order valence-corrected chi connectivity index (χ1v) is 18.5. The van der Waals surface area contributed by atoms with Crippen molar-refractivity contribution in [3.05, 3.63) is 58.2 Å². The molecule has 0 spiro atoms. The molecule has 0 saturated carbocycles. The fourth-order valence-corrected chi connectivity index (χ4v) is 6.23.